The molecule has 2 aromatic heterocycles. The zero-order valence-electron chi connectivity index (χ0n) is 22.2. The van der Waals surface area contributed by atoms with E-state index in [1.54, 1.807) is 52.3 Å². The molecule has 0 atom stereocenters. The number of ketones is 1. The van der Waals surface area contributed by atoms with Gasteiger partial charge in [0, 0.05) is 16.1 Å². The summed E-state index contributed by atoms with van der Waals surface area (Å²) >= 11 is 2.84. The van der Waals surface area contributed by atoms with Gasteiger partial charge in [0.2, 0.25) is 5.91 Å². The minimum atomic E-state index is -0.225. The summed E-state index contributed by atoms with van der Waals surface area (Å²) in [5.74, 6) is -0.258. The zero-order chi connectivity index (χ0) is 28.2. The lowest BCUT2D eigenvalue weighted by Gasteiger charge is -2.13. The van der Waals surface area contributed by atoms with Gasteiger partial charge in [0.05, 0.1) is 16.8 Å². The molecule has 0 saturated heterocycles. The largest absolute Gasteiger partial charge is 0.325 e. The molecule has 0 radical (unpaired) electrons. The van der Waals surface area contributed by atoms with Crippen molar-refractivity contribution in [2.24, 2.45) is 0 Å². The number of thioether (sulfide) groups is 1. The van der Waals surface area contributed by atoms with Crippen LogP contribution >= 0.6 is 23.1 Å². The standard InChI is InChI=1S/C33H27N3O3S2/c37-27(20-15-22-9-3-1-4-10-22)23-16-18-24(19-17-23)34-29(38)21-40-33-35-31-30(26-13-7-8-14-28(26)41-31)32(39)36(33)25-11-5-2-6-12-25/h1-6,9-12,15-20H,7-8,13-14,21H2,(H,34,38)/b20-15+. The number of carbonyl (C=O) groups excluding carboxylic acids is 2. The number of aryl methyl sites for hydroxylation is 2. The van der Waals surface area contributed by atoms with Crippen molar-refractivity contribution in [3.8, 4) is 5.69 Å². The third-order valence-electron chi connectivity index (χ3n) is 6.98. The molecule has 1 N–H and O–H groups in total. The second kappa shape index (κ2) is 12.1. The molecule has 0 unspecified atom stereocenters. The molecule has 2 heterocycles. The van der Waals surface area contributed by atoms with Gasteiger partial charge < -0.3 is 5.32 Å². The maximum atomic E-state index is 13.8. The Morgan fingerprint density at radius 3 is 2.39 bits per heavy atom. The van der Waals surface area contributed by atoms with Gasteiger partial charge in [-0.15, -0.1) is 11.3 Å². The number of amides is 1. The first-order valence-corrected chi connectivity index (χ1v) is 15.3. The van der Waals surface area contributed by atoms with Gasteiger partial charge >= 0.3 is 0 Å². The lowest BCUT2D eigenvalue weighted by atomic mass is 9.97. The van der Waals surface area contributed by atoms with Gasteiger partial charge in [-0.05, 0) is 79.3 Å². The normalized spacial score (nSPS) is 12.9. The average molecular weight is 578 g/mol. The van der Waals surface area contributed by atoms with Crippen molar-refractivity contribution in [3.63, 3.8) is 0 Å². The molecule has 5 aromatic rings. The first kappa shape index (κ1) is 26.9. The van der Waals surface area contributed by atoms with Crippen LogP contribution in [0.25, 0.3) is 22.0 Å². The topological polar surface area (TPSA) is 81.1 Å². The van der Waals surface area contributed by atoms with Gasteiger partial charge in [0.15, 0.2) is 10.9 Å². The monoisotopic (exact) mass is 577 g/mol. The molecule has 0 fully saturated rings. The van der Waals surface area contributed by atoms with Crippen LogP contribution in [-0.4, -0.2) is 27.0 Å². The van der Waals surface area contributed by atoms with E-state index in [0.717, 1.165) is 52.7 Å². The second-order valence-electron chi connectivity index (χ2n) is 9.78. The summed E-state index contributed by atoms with van der Waals surface area (Å²) in [5, 5.41) is 4.10. The van der Waals surface area contributed by atoms with E-state index in [1.165, 1.54) is 16.6 Å². The number of para-hydroxylation sites is 1. The molecule has 204 valence electrons. The third kappa shape index (κ3) is 5.94. The van der Waals surface area contributed by atoms with E-state index in [0.29, 0.717) is 16.4 Å². The molecule has 3 aromatic carbocycles. The van der Waals surface area contributed by atoms with Gasteiger partial charge in [0.1, 0.15) is 4.83 Å². The van der Waals surface area contributed by atoms with E-state index >= 15 is 0 Å². The SMILES string of the molecule is O=C(CSc1nc2sc3c(c2c(=O)n1-c1ccccc1)CCCC3)Nc1ccc(C(=O)/C=C/c2ccccc2)cc1. The number of aromatic nitrogens is 2. The van der Waals surface area contributed by atoms with Crippen molar-refractivity contribution >= 4 is 56.8 Å². The number of carbonyl (C=O) groups is 2. The van der Waals surface area contributed by atoms with Gasteiger partial charge in [-0.3, -0.25) is 19.0 Å². The molecular formula is C33H27N3O3S2. The fourth-order valence-electron chi connectivity index (χ4n) is 4.97. The molecule has 6 rings (SSSR count). The summed E-state index contributed by atoms with van der Waals surface area (Å²) in [6, 6.07) is 25.9. The maximum Gasteiger partial charge on any atom is 0.267 e. The fraction of sp³-hybridized carbons (Fsp3) is 0.152. The summed E-state index contributed by atoms with van der Waals surface area (Å²) in [6.07, 6.45) is 7.43. The Kier molecular flexibility index (Phi) is 7.93. The number of hydrogen-bond acceptors (Lipinski definition) is 6. The number of thiophene rings is 1. The number of anilines is 1. The highest BCUT2D eigenvalue weighted by Gasteiger charge is 2.23. The fourth-order valence-corrected chi connectivity index (χ4v) is 7.08. The molecule has 8 heteroatoms. The van der Waals surface area contributed by atoms with Crippen molar-refractivity contribution in [1.82, 2.24) is 9.55 Å². The van der Waals surface area contributed by atoms with Crippen LogP contribution in [0.5, 0.6) is 0 Å². The van der Waals surface area contributed by atoms with Crippen LogP contribution in [0.4, 0.5) is 5.69 Å². The predicted octanol–water partition coefficient (Wildman–Crippen LogP) is 6.95. The van der Waals surface area contributed by atoms with E-state index in [9.17, 15) is 14.4 Å². The summed E-state index contributed by atoms with van der Waals surface area (Å²) in [4.78, 5) is 46.1. The van der Waals surface area contributed by atoms with Crippen molar-refractivity contribution in [2.75, 3.05) is 11.1 Å². The Labute approximate surface area is 245 Å². The van der Waals surface area contributed by atoms with Gasteiger partial charge in [-0.1, -0.05) is 66.4 Å². The molecule has 1 aliphatic rings. The molecule has 0 bridgehead atoms. The van der Waals surface area contributed by atoms with Crippen LogP contribution in [-0.2, 0) is 17.6 Å². The van der Waals surface area contributed by atoms with E-state index in [1.807, 2.05) is 60.7 Å². The maximum absolute atomic E-state index is 13.8. The minimum absolute atomic E-state index is 0.0786. The molecule has 6 nitrogen and oxygen atoms in total. The number of nitrogens with one attached hydrogen (secondary N) is 1. The number of hydrogen-bond donors (Lipinski definition) is 1. The average Bonchev–Trinajstić information content (AvgIpc) is 3.39. The molecule has 41 heavy (non-hydrogen) atoms. The molecule has 0 spiro atoms. The molecular weight excluding hydrogens is 551 g/mol. The minimum Gasteiger partial charge on any atom is -0.325 e. The van der Waals surface area contributed by atoms with E-state index in [4.69, 9.17) is 4.98 Å². The smallest absolute Gasteiger partial charge is 0.267 e. The van der Waals surface area contributed by atoms with Crippen molar-refractivity contribution < 1.29 is 9.59 Å². The van der Waals surface area contributed by atoms with Crippen LogP contribution < -0.4 is 10.9 Å². The molecule has 0 aliphatic heterocycles. The van der Waals surface area contributed by atoms with Gasteiger partial charge in [-0.2, -0.15) is 0 Å². The Balaban J connectivity index is 1.18. The van der Waals surface area contributed by atoms with E-state index in [-0.39, 0.29) is 23.0 Å². The Morgan fingerprint density at radius 2 is 1.63 bits per heavy atom. The summed E-state index contributed by atoms with van der Waals surface area (Å²) in [6.45, 7) is 0. The Bertz CT molecular complexity index is 1810. The second-order valence-corrected chi connectivity index (χ2v) is 11.8. The van der Waals surface area contributed by atoms with Crippen LogP contribution in [0.1, 0.15) is 39.2 Å². The molecule has 1 amide bonds. The van der Waals surface area contributed by atoms with E-state index in [2.05, 4.69) is 5.32 Å². The number of benzene rings is 3. The number of allylic oxidation sites excluding steroid dienone is 1. The van der Waals surface area contributed by atoms with Crippen molar-refractivity contribution in [1.29, 1.82) is 0 Å². The Hall–Kier alpha value is -4.27. The first-order valence-electron chi connectivity index (χ1n) is 13.5. The highest BCUT2D eigenvalue weighted by Crippen LogP contribution is 2.35. The first-order chi connectivity index (χ1) is 20.1. The predicted molar refractivity (Wildman–Crippen MR) is 167 cm³/mol. The van der Waals surface area contributed by atoms with Gasteiger partial charge in [0.25, 0.3) is 5.56 Å². The lowest BCUT2D eigenvalue weighted by Crippen LogP contribution is -2.23. The van der Waals surface area contributed by atoms with Gasteiger partial charge in [-0.25, -0.2) is 4.98 Å². The summed E-state index contributed by atoms with van der Waals surface area (Å²) in [7, 11) is 0. The highest BCUT2D eigenvalue weighted by molar-refractivity contribution is 7.99. The van der Waals surface area contributed by atoms with Crippen LogP contribution in [0, 0.1) is 0 Å². The quantitative estimate of drug-likeness (QED) is 0.0934. The van der Waals surface area contributed by atoms with Crippen LogP contribution in [0.2, 0.25) is 0 Å². The van der Waals surface area contributed by atoms with Crippen molar-refractivity contribution in [2.45, 2.75) is 30.8 Å². The highest BCUT2D eigenvalue weighted by atomic mass is 32.2. The molecule has 1 aliphatic carbocycles. The zero-order valence-corrected chi connectivity index (χ0v) is 23.8. The Morgan fingerprint density at radius 1 is 0.927 bits per heavy atom. The third-order valence-corrected chi connectivity index (χ3v) is 9.11. The van der Waals surface area contributed by atoms with Crippen LogP contribution in [0.15, 0.2) is 101 Å². The summed E-state index contributed by atoms with van der Waals surface area (Å²) in [5.41, 5.74) is 3.87. The number of fused-ring (bicyclic) bond motifs is 3. The van der Waals surface area contributed by atoms with E-state index < -0.39 is 0 Å². The van der Waals surface area contributed by atoms with Crippen LogP contribution in [0.3, 0.4) is 0 Å². The molecule has 0 saturated carbocycles. The number of rotatable bonds is 8. The number of nitrogens with zero attached hydrogens (tertiary/aromatic N) is 2. The van der Waals surface area contributed by atoms with Crippen molar-refractivity contribution in [3.05, 3.63) is 123 Å². The summed E-state index contributed by atoms with van der Waals surface area (Å²) < 4.78 is 1.63. The lowest BCUT2D eigenvalue weighted by molar-refractivity contribution is -0.113.